The zero-order valence-electron chi connectivity index (χ0n) is 11.7. The molecule has 9 heteroatoms. The van der Waals surface area contributed by atoms with Crippen LogP contribution in [0.15, 0.2) is 0 Å². The highest BCUT2D eigenvalue weighted by molar-refractivity contribution is 5.96. The number of carboxylic acid groups (broad SMARTS) is 1. The first kappa shape index (κ1) is 16.9. The average molecular weight is 302 g/mol. The van der Waals surface area contributed by atoms with Crippen LogP contribution >= 0.6 is 0 Å². The standard InChI is InChI=1S/C12H18N2O7/c1-2-21-11(18)5-14(8-3-4-8)12(19)13-9(15)6-20-7-10(16)17/h8H,2-7H2,1H3,(H,16,17)(H,13,15,19). The SMILES string of the molecule is CCOC(=O)CN(C(=O)NC(=O)COCC(=O)O)C1CC1. The molecule has 0 aromatic carbocycles. The van der Waals surface area contributed by atoms with E-state index in [2.05, 4.69) is 4.74 Å². The molecule has 0 spiro atoms. The van der Waals surface area contributed by atoms with E-state index < -0.39 is 37.1 Å². The number of ether oxygens (including phenoxy) is 2. The number of rotatable bonds is 8. The molecule has 0 aromatic rings. The van der Waals surface area contributed by atoms with Crippen molar-refractivity contribution in [1.82, 2.24) is 10.2 Å². The maximum atomic E-state index is 11.9. The van der Waals surface area contributed by atoms with Crippen molar-refractivity contribution in [1.29, 1.82) is 0 Å². The molecule has 0 heterocycles. The molecule has 0 aliphatic heterocycles. The first-order chi connectivity index (χ1) is 9.93. The van der Waals surface area contributed by atoms with Gasteiger partial charge < -0.3 is 19.5 Å². The van der Waals surface area contributed by atoms with E-state index in [9.17, 15) is 19.2 Å². The molecular weight excluding hydrogens is 284 g/mol. The Morgan fingerprint density at radius 1 is 1.24 bits per heavy atom. The zero-order chi connectivity index (χ0) is 15.8. The fraction of sp³-hybridized carbons (Fsp3) is 0.667. The van der Waals surface area contributed by atoms with Crippen LogP contribution in [0.1, 0.15) is 19.8 Å². The van der Waals surface area contributed by atoms with Crippen molar-refractivity contribution in [2.24, 2.45) is 0 Å². The summed E-state index contributed by atoms with van der Waals surface area (Å²) in [4.78, 5) is 46.1. The summed E-state index contributed by atoms with van der Waals surface area (Å²) in [6.45, 7) is 0.462. The minimum Gasteiger partial charge on any atom is -0.480 e. The molecule has 0 radical (unpaired) electrons. The smallest absolute Gasteiger partial charge is 0.329 e. The fourth-order valence-corrected chi connectivity index (χ4v) is 1.56. The molecule has 118 valence electrons. The Hall–Kier alpha value is -2.16. The van der Waals surface area contributed by atoms with Gasteiger partial charge in [-0.3, -0.25) is 14.9 Å². The first-order valence-corrected chi connectivity index (χ1v) is 6.49. The minimum atomic E-state index is -1.21. The lowest BCUT2D eigenvalue weighted by atomic mass is 10.4. The van der Waals surface area contributed by atoms with E-state index in [1.807, 2.05) is 5.32 Å². The highest BCUT2D eigenvalue weighted by Gasteiger charge is 2.34. The molecule has 1 aliphatic rings. The second-order valence-corrected chi connectivity index (χ2v) is 4.40. The van der Waals surface area contributed by atoms with E-state index in [4.69, 9.17) is 9.84 Å². The number of hydrogen-bond donors (Lipinski definition) is 2. The number of hydrogen-bond acceptors (Lipinski definition) is 6. The quantitative estimate of drug-likeness (QED) is 0.571. The van der Waals surface area contributed by atoms with Crippen molar-refractivity contribution in [3.05, 3.63) is 0 Å². The van der Waals surface area contributed by atoms with Gasteiger partial charge in [0.15, 0.2) is 0 Å². The topological polar surface area (TPSA) is 122 Å². The third-order valence-corrected chi connectivity index (χ3v) is 2.56. The molecule has 3 amide bonds. The zero-order valence-corrected chi connectivity index (χ0v) is 11.7. The lowest BCUT2D eigenvalue weighted by Gasteiger charge is -2.21. The van der Waals surface area contributed by atoms with Gasteiger partial charge in [0.1, 0.15) is 19.8 Å². The summed E-state index contributed by atoms with van der Waals surface area (Å²) in [7, 11) is 0. The highest BCUT2D eigenvalue weighted by Crippen LogP contribution is 2.26. The van der Waals surface area contributed by atoms with Gasteiger partial charge in [0.05, 0.1) is 6.61 Å². The van der Waals surface area contributed by atoms with Crippen molar-refractivity contribution in [3.63, 3.8) is 0 Å². The Kier molecular flexibility index (Phi) is 6.60. The fourth-order valence-electron chi connectivity index (χ4n) is 1.56. The number of nitrogens with one attached hydrogen (secondary N) is 1. The van der Waals surface area contributed by atoms with Gasteiger partial charge in [-0.05, 0) is 19.8 Å². The van der Waals surface area contributed by atoms with Gasteiger partial charge in [-0.25, -0.2) is 9.59 Å². The molecule has 0 atom stereocenters. The molecule has 0 unspecified atom stereocenters. The van der Waals surface area contributed by atoms with Crippen LogP contribution < -0.4 is 5.32 Å². The summed E-state index contributed by atoms with van der Waals surface area (Å²) in [5.74, 6) is -2.53. The van der Waals surface area contributed by atoms with Gasteiger partial charge in [-0.2, -0.15) is 0 Å². The number of imide groups is 1. The number of carbonyl (C=O) groups excluding carboxylic acids is 3. The van der Waals surface area contributed by atoms with Gasteiger partial charge in [0.25, 0.3) is 5.91 Å². The molecule has 0 saturated heterocycles. The summed E-state index contributed by atoms with van der Waals surface area (Å²) < 4.78 is 9.32. The van der Waals surface area contributed by atoms with Crippen molar-refractivity contribution in [2.75, 3.05) is 26.4 Å². The lowest BCUT2D eigenvalue weighted by molar-refractivity contribution is -0.145. The summed E-state index contributed by atoms with van der Waals surface area (Å²) in [6, 6.07) is -0.795. The molecule has 1 aliphatic carbocycles. The molecule has 1 rings (SSSR count). The Morgan fingerprint density at radius 2 is 1.90 bits per heavy atom. The van der Waals surface area contributed by atoms with Gasteiger partial charge in [0.2, 0.25) is 0 Å². The largest absolute Gasteiger partial charge is 0.480 e. The molecular formula is C12H18N2O7. The van der Waals surface area contributed by atoms with E-state index in [-0.39, 0.29) is 19.2 Å². The van der Waals surface area contributed by atoms with Crippen molar-refractivity contribution in [2.45, 2.75) is 25.8 Å². The average Bonchev–Trinajstić information content (AvgIpc) is 3.19. The van der Waals surface area contributed by atoms with E-state index in [1.165, 1.54) is 4.90 Å². The lowest BCUT2D eigenvalue weighted by Crippen LogP contribution is -2.47. The van der Waals surface area contributed by atoms with Crippen molar-refractivity contribution < 1.29 is 33.8 Å². The summed E-state index contributed by atoms with van der Waals surface area (Å²) >= 11 is 0. The van der Waals surface area contributed by atoms with Crippen LogP contribution in [0.2, 0.25) is 0 Å². The molecule has 0 bridgehead atoms. The highest BCUT2D eigenvalue weighted by atomic mass is 16.5. The van der Waals surface area contributed by atoms with Crippen LogP contribution in [0.4, 0.5) is 4.79 Å². The van der Waals surface area contributed by atoms with Crippen LogP contribution in [-0.2, 0) is 23.9 Å². The predicted octanol–water partition coefficient (Wildman–Crippen LogP) is -0.649. The monoisotopic (exact) mass is 302 g/mol. The number of nitrogens with zero attached hydrogens (tertiary/aromatic N) is 1. The molecule has 21 heavy (non-hydrogen) atoms. The first-order valence-electron chi connectivity index (χ1n) is 6.49. The molecule has 2 N–H and O–H groups in total. The summed E-state index contributed by atoms with van der Waals surface area (Å²) in [5, 5.41) is 10.4. The second-order valence-electron chi connectivity index (χ2n) is 4.40. The van der Waals surface area contributed by atoms with Crippen LogP contribution in [-0.4, -0.2) is 66.3 Å². The molecule has 1 fully saturated rings. The maximum Gasteiger partial charge on any atom is 0.329 e. The number of carbonyl (C=O) groups is 4. The third-order valence-electron chi connectivity index (χ3n) is 2.56. The van der Waals surface area contributed by atoms with Gasteiger partial charge in [-0.15, -0.1) is 0 Å². The van der Waals surface area contributed by atoms with Gasteiger partial charge in [-0.1, -0.05) is 0 Å². The Bertz CT molecular complexity index is 420. The molecule has 1 saturated carbocycles. The van der Waals surface area contributed by atoms with Crippen LogP contribution in [0.3, 0.4) is 0 Å². The number of esters is 1. The number of amides is 3. The molecule has 0 aromatic heterocycles. The minimum absolute atomic E-state index is 0.0813. The Labute approximate surface area is 121 Å². The normalized spacial score (nSPS) is 13.4. The maximum absolute atomic E-state index is 11.9. The van der Waals surface area contributed by atoms with E-state index >= 15 is 0 Å². The number of urea groups is 1. The van der Waals surface area contributed by atoms with Crippen LogP contribution in [0.5, 0.6) is 0 Å². The van der Waals surface area contributed by atoms with Gasteiger partial charge in [0, 0.05) is 6.04 Å². The molecule has 9 nitrogen and oxygen atoms in total. The van der Waals surface area contributed by atoms with Crippen molar-refractivity contribution in [3.8, 4) is 0 Å². The predicted molar refractivity (Wildman–Crippen MR) is 68.4 cm³/mol. The van der Waals surface area contributed by atoms with E-state index in [0.717, 1.165) is 12.8 Å². The Morgan fingerprint density at radius 3 is 2.43 bits per heavy atom. The second kappa shape index (κ2) is 8.20. The van der Waals surface area contributed by atoms with Crippen molar-refractivity contribution >= 4 is 23.9 Å². The van der Waals surface area contributed by atoms with Gasteiger partial charge >= 0.3 is 18.0 Å². The van der Waals surface area contributed by atoms with Crippen LogP contribution in [0, 0.1) is 0 Å². The Balaban J connectivity index is 2.40. The summed E-state index contributed by atoms with van der Waals surface area (Å²) in [5.41, 5.74) is 0. The van der Waals surface area contributed by atoms with E-state index in [0.29, 0.717) is 0 Å². The van der Waals surface area contributed by atoms with E-state index in [1.54, 1.807) is 6.92 Å². The van der Waals surface area contributed by atoms with Crippen LogP contribution in [0.25, 0.3) is 0 Å². The number of carboxylic acids is 1. The third kappa shape index (κ3) is 6.70. The summed E-state index contributed by atoms with van der Waals surface area (Å²) in [6.07, 6.45) is 1.52. The number of aliphatic carboxylic acids is 1.